The van der Waals surface area contributed by atoms with E-state index in [2.05, 4.69) is 15.9 Å². The number of hydrogen-bond acceptors (Lipinski definition) is 1. The van der Waals surface area contributed by atoms with E-state index in [0.717, 1.165) is 6.07 Å². The highest BCUT2D eigenvalue weighted by molar-refractivity contribution is 9.10. The highest BCUT2D eigenvalue weighted by atomic mass is 79.9. The van der Waals surface area contributed by atoms with Crippen molar-refractivity contribution in [2.75, 3.05) is 0 Å². The van der Waals surface area contributed by atoms with Crippen LogP contribution in [0.25, 0.3) is 0 Å². The number of halogens is 4. The van der Waals surface area contributed by atoms with Crippen LogP contribution in [0.15, 0.2) is 40.9 Å². The van der Waals surface area contributed by atoms with Crippen molar-refractivity contribution in [3.8, 4) is 0 Å². The van der Waals surface area contributed by atoms with Crippen LogP contribution >= 0.6 is 15.9 Å². The van der Waals surface area contributed by atoms with Crippen molar-refractivity contribution < 1.29 is 18.3 Å². The van der Waals surface area contributed by atoms with Crippen molar-refractivity contribution in [1.82, 2.24) is 0 Å². The maximum absolute atomic E-state index is 13.5. The normalized spacial score (nSPS) is 12.5. The third-order valence-corrected chi connectivity index (χ3v) is 3.60. The van der Waals surface area contributed by atoms with Crippen molar-refractivity contribution in [2.45, 2.75) is 12.5 Å². The molecule has 0 fully saturated rings. The molecule has 2 aromatic carbocycles. The Morgan fingerprint density at radius 3 is 2.37 bits per heavy atom. The molecular weight excluding hydrogens is 321 g/mol. The topological polar surface area (TPSA) is 20.2 Å². The van der Waals surface area contributed by atoms with Gasteiger partial charge in [0, 0.05) is 6.42 Å². The number of aliphatic hydroxyl groups is 1. The third kappa shape index (κ3) is 2.98. The molecule has 0 saturated carbocycles. The number of rotatable bonds is 3. The summed E-state index contributed by atoms with van der Waals surface area (Å²) in [4.78, 5) is 0. The molecular formula is C14H10BrF3O. The first-order valence-corrected chi connectivity index (χ1v) is 6.35. The Bertz CT molecular complexity index is 601. The van der Waals surface area contributed by atoms with E-state index in [4.69, 9.17) is 0 Å². The number of hydrogen-bond donors (Lipinski definition) is 1. The lowest BCUT2D eigenvalue weighted by molar-refractivity contribution is 0.175. The van der Waals surface area contributed by atoms with E-state index in [9.17, 15) is 18.3 Å². The summed E-state index contributed by atoms with van der Waals surface area (Å²) in [5.74, 6) is -2.51. The summed E-state index contributed by atoms with van der Waals surface area (Å²) in [7, 11) is 0. The smallest absolute Gasteiger partial charge is 0.173 e. The summed E-state index contributed by atoms with van der Waals surface area (Å²) in [6, 6.07) is 8.20. The number of benzene rings is 2. The van der Waals surface area contributed by atoms with Gasteiger partial charge in [-0.25, -0.2) is 13.2 Å². The predicted octanol–water partition coefficient (Wildman–Crippen LogP) is 4.14. The highest BCUT2D eigenvalue weighted by Crippen LogP contribution is 2.30. The SMILES string of the molecule is OC(Cc1ccccc1F)c1ccc(F)c(F)c1Br. The highest BCUT2D eigenvalue weighted by Gasteiger charge is 2.18. The van der Waals surface area contributed by atoms with Gasteiger partial charge in [-0.05, 0) is 39.2 Å². The maximum Gasteiger partial charge on any atom is 0.173 e. The lowest BCUT2D eigenvalue weighted by Crippen LogP contribution is -2.06. The van der Waals surface area contributed by atoms with Gasteiger partial charge in [0.25, 0.3) is 0 Å². The van der Waals surface area contributed by atoms with Gasteiger partial charge in [0.1, 0.15) is 5.82 Å². The van der Waals surface area contributed by atoms with E-state index in [1.54, 1.807) is 12.1 Å². The van der Waals surface area contributed by atoms with E-state index >= 15 is 0 Å². The fraction of sp³-hybridized carbons (Fsp3) is 0.143. The van der Waals surface area contributed by atoms with Crippen LogP contribution in [0, 0.1) is 17.5 Å². The van der Waals surface area contributed by atoms with Crippen molar-refractivity contribution in [3.63, 3.8) is 0 Å². The van der Waals surface area contributed by atoms with E-state index in [1.165, 1.54) is 18.2 Å². The quantitative estimate of drug-likeness (QED) is 0.838. The van der Waals surface area contributed by atoms with E-state index in [1.807, 2.05) is 0 Å². The van der Waals surface area contributed by atoms with Gasteiger partial charge < -0.3 is 5.11 Å². The third-order valence-electron chi connectivity index (χ3n) is 2.80. The van der Waals surface area contributed by atoms with Crippen molar-refractivity contribution in [1.29, 1.82) is 0 Å². The predicted molar refractivity (Wildman–Crippen MR) is 69.1 cm³/mol. The second kappa shape index (κ2) is 5.75. The molecule has 2 aromatic rings. The lowest BCUT2D eigenvalue weighted by atomic mass is 10.0. The van der Waals surface area contributed by atoms with Crippen LogP contribution in [-0.4, -0.2) is 5.11 Å². The Labute approximate surface area is 116 Å². The Balaban J connectivity index is 2.28. The molecule has 0 aromatic heterocycles. The molecule has 0 saturated heterocycles. The number of aliphatic hydroxyl groups excluding tert-OH is 1. The molecule has 1 nitrogen and oxygen atoms in total. The van der Waals surface area contributed by atoms with Crippen molar-refractivity contribution in [3.05, 3.63) is 69.4 Å². The van der Waals surface area contributed by atoms with Gasteiger partial charge in [0.2, 0.25) is 0 Å². The average Bonchev–Trinajstić information content (AvgIpc) is 2.39. The molecule has 0 bridgehead atoms. The first-order valence-electron chi connectivity index (χ1n) is 5.55. The molecule has 1 atom stereocenters. The van der Waals surface area contributed by atoms with Gasteiger partial charge in [-0.1, -0.05) is 24.3 Å². The Morgan fingerprint density at radius 1 is 1.00 bits per heavy atom. The van der Waals surface area contributed by atoms with Crippen LogP contribution in [0.5, 0.6) is 0 Å². The molecule has 100 valence electrons. The first-order chi connectivity index (χ1) is 9.00. The zero-order valence-corrected chi connectivity index (χ0v) is 11.3. The van der Waals surface area contributed by atoms with Crippen LogP contribution < -0.4 is 0 Å². The monoisotopic (exact) mass is 330 g/mol. The molecule has 5 heteroatoms. The zero-order valence-electron chi connectivity index (χ0n) is 9.71. The minimum absolute atomic E-state index is 0.0175. The van der Waals surface area contributed by atoms with Crippen LogP contribution in [0.3, 0.4) is 0 Å². The molecule has 0 aliphatic heterocycles. The molecule has 1 N–H and O–H groups in total. The summed E-state index contributed by atoms with van der Waals surface area (Å²) in [5, 5.41) is 10.0. The molecule has 19 heavy (non-hydrogen) atoms. The first kappa shape index (κ1) is 14.1. The minimum Gasteiger partial charge on any atom is -0.388 e. The summed E-state index contributed by atoms with van der Waals surface area (Å²) in [6.07, 6.45) is -1.14. The van der Waals surface area contributed by atoms with Crippen LogP contribution in [0.1, 0.15) is 17.2 Å². The Hall–Kier alpha value is -1.33. The van der Waals surface area contributed by atoms with Crippen molar-refractivity contribution in [2.24, 2.45) is 0 Å². The fourth-order valence-electron chi connectivity index (χ4n) is 1.78. The van der Waals surface area contributed by atoms with E-state index in [-0.39, 0.29) is 16.5 Å². The average molecular weight is 331 g/mol. The van der Waals surface area contributed by atoms with Gasteiger partial charge in [-0.3, -0.25) is 0 Å². The van der Waals surface area contributed by atoms with Crippen LogP contribution in [-0.2, 0) is 6.42 Å². The molecule has 2 rings (SSSR count). The van der Waals surface area contributed by atoms with Crippen LogP contribution in [0.4, 0.5) is 13.2 Å². The fourth-order valence-corrected chi connectivity index (χ4v) is 2.37. The largest absolute Gasteiger partial charge is 0.388 e. The molecule has 0 aliphatic rings. The maximum atomic E-state index is 13.5. The molecule has 0 aliphatic carbocycles. The second-order valence-corrected chi connectivity index (χ2v) is 4.87. The van der Waals surface area contributed by atoms with Gasteiger partial charge in [0.05, 0.1) is 10.6 Å². The van der Waals surface area contributed by atoms with E-state index < -0.39 is 23.6 Å². The molecule has 0 spiro atoms. The Morgan fingerprint density at radius 2 is 1.68 bits per heavy atom. The lowest BCUT2D eigenvalue weighted by Gasteiger charge is -2.14. The second-order valence-electron chi connectivity index (χ2n) is 4.08. The summed E-state index contributed by atoms with van der Waals surface area (Å²) >= 11 is 2.89. The zero-order chi connectivity index (χ0) is 14.0. The van der Waals surface area contributed by atoms with Crippen molar-refractivity contribution >= 4 is 15.9 Å². The molecule has 0 heterocycles. The molecule has 0 amide bonds. The van der Waals surface area contributed by atoms with Gasteiger partial charge in [0.15, 0.2) is 11.6 Å². The molecule has 0 radical (unpaired) electrons. The van der Waals surface area contributed by atoms with Gasteiger partial charge in [-0.15, -0.1) is 0 Å². The molecule has 1 unspecified atom stereocenters. The van der Waals surface area contributed by atoms with Gasteiger partial charge in [-0.2, -0.15) is 0 Å². The summed E-state index contributed by atoms with van der Waals surface area (Å²) in [6.45, 7) is 0. The summed E-state index contributed by atoms with van der Waals surface area (Å²) < 4.78 is 39.6. The van der Waals surface area contributed by atoms with E-state index in [0.29, 0.717) is 5.56 Å². The standard InChI is InChI=1S/C14H10BrF3O/c15-13-9(5-6-11(17)14(13)18)12(19)7-8-3-1-2-4-10(8)16/h1-6,12,19H,7H2. The van der Waals surface area contributed by atoms with Gasteiger partial charge >= 0.3 is 0 Å². The Kier molecular flexibility index (Phi) is 4.27. The van der Waals surface area contributed by atoms with Crippen LogP contribution in [0.2, 0.25) is 0 Å². The minimum atomic E-state index is -1.12. The summed E-state index contributed by atoms with van der Waals surface area (Å²) in [5.41, 5.74) is 0.494.